The predicted octanol–water partition coefficient (Wildman–Crippen LogP) is 0.395. The molecule has 0 aliphatic heterocycles. The van der Waals surface area contributed by atoms with E-state index in [-0.39, 0.29) is 18.3 Å². The van der Waals surface area contributed by atoms with Crippen molar-refractivity contribution in [1.29, 1.82) is 0 Å². The van der Waals surface area contributed by atoms with E-state index in [0.29, 0.717) is 12.2 Å². The number of urea groups is 1. The van der Waals surface area contributed by atoms with Crippen LogP contribution in [0, 0.1) is 0 Å². The van der Waals surface area contributed by atoms with Gasteiger partial charge in [0, 0.05) is 25.5 Å². The lowest BCUT2D eigenvalue weighted by Gasteiger charge is -2.09. The summed E-state index contributed by atoms with van der Waals surface area (Å²) < 4.78 is 27.9. The van der Waals surface area contributed by atoms with Gasteiger partial charge < -0.3 is 10.6 Å². The van der Waals surface area contributed by atoms with E-state index in [1.54, 1.807) is 42.0 Å². The molecule has 0 aliphatic rings. The molecule has 114 valence electrons. The first-order valence-electron chi connectivity index (χ1n) is 6.46. The molecule has 2 amide bonds. The standard InChI is InChI=1S/C12H17N5O3S/c1-2-13-12(18)14-6-8-21(19,20)16-10-4-7-17-11(9-10)3-5-15-17/h3-5,7,9,16H,2,6,8H2,1H3,(H2,13,14,18). The molecule has 2 aromatic rings. The normalized spacial score (nSPS) is 11.3. The molecule has 0 saturated heterocycles. The molecule has 0 unspecified atom stereocenters. The highest BCUT2D eigenvalue weighted by molar-refractivity contribution is 7.92. The zero-order valence-corrected chi connectivity index (χ0v) is 12.4. The van der Waals surface area contributed by atoms with E-state index in [4.69, 9.17) is 0 Å². The van der Waals surface area contributed by atoms with Crippen molar-refractivity contribution in [3.8, 4) is 0 Å². The molecular formula is C12H17N5O3S. The van der Waals surface area contributed by atoms with E-state index < -0.39 is 10.0 Å². The van der Waals surface area contributed by atoms with E-state index >= 15 is 0 Å². The fourth-order valence-corrected chi connectivity index (χ4v) is 2.70. The maximum absolute atomic E-state index is 11.9. The first kappa shape index (κ1) is 15.1. The van der Waals surface area contributed by atoms with E-state index in [9.17, 15) is 13.2 Å². The maximum atomic E-state index is 11.9. The molecule has 2 rings (SSSR count). The van der Waals surface area contributed by atoms with Crippen LogP contribution in [-0.2, 0) is 10.0 Å². The molecule has 21 heavy (non-hydrogen) atoms. The Bertz CT molecular complexity index is 725. The molecule has 0 saturated carbocycles. The Balaban J connectivity index is 1.92. The molecule has 0 aromatic carbocycles. The number of carbonyl (C=O) groups excluding carboxylic acids is 1. The first-order valence-corrected chi connectivity index (χ1v) is 8.11. The Hall–Kier alpha value is -2.29. The zero-order valence-electron chi connectivity index (χ0n) is 11.5. The molecule has 2 heterocycles. The maximum Gasteiger partial charge on any atom is 0.314 e. The van der Waals surface area contributed by atoms with Gasteiger partial charge in [-0.2, -0.15) is 5.10 Å². The fraction of sp³-hybridized carbons (Fsp3) is 0.333. The zero-order chi connectivity index (χ0) is 15.3. The minimum absolute atomic E-state index is 0.0378. The monoisotopic (exact) mass is 311 g/mol. The predicted molar refractivity (Wildman–Crippen MR) is 79.7 cm³/mol. The summed E-state index contributed by atoms with van der Waals surface area (Å²) in [5.74, 6) is -0.200. The van der Waals surface area contributed by atoms with Gasteiger partial charge in [0.15, 0.2) is 0 Å². The minimum Gasteiger partial charge on any atom is -0.338 e. The number of hydrogen-bond donors (Lipinski definition) is 3. The molecule has 0 bridgehead atoms. The summed E-state index contributed by atoms with van der Waals surface area (Å²) in [5.41, 5.74) is 1.25. The summed E-state index contributed by atoms with van der Waals surface area (Å²) in [5, 5.41) is 9.02. The Kier molecular flexibility index (Phi) is 4.63. The number of amides is 2. The number of anilines is 1. The number of fused-ring (bicyclic) bond motifs is 1. The average molecular weight is 311 g/mol. The Morgan fingerprint density at radius 2 is 2.14 bits per heavy atom. The smallest absolute Gasteiger partial charge is 0.314 e. The van der Waals surface area contributed by atoms with Gasteiger partial charge in [-0.1, -0.05) is 0 Å². The number of carbonyl (C=O) groups is 1. The van der Waals surface area contributed by atoms with Crippen LogP contribution >= 0.6 is 0 Å². The number of rotatable bonds is 6. The first-order chi connectivity index (χ1) is 10.00. The van der Waals surface area contributed by atoms with Crippen LogP contribution in [0.25, 0.3) is 5.52 Å². The third-order valence-corrected chi connectivity index (χ3v) is 3.95. The molecule has 0 atom stereocenters. The summed E-state index contributed by atoms with van der Waals surface area (Å²) in [6.07, 6.45) is 3.30. The molecule has 2 aromatic heterocycles. The molecule has 0 spiro atoms. The number of aromatic nitrogens is 2. The lowest BCUT2D eigenvalue weighted by Crippen LogP contribution is -2.38. The third kappa shape index (κ3) is 4.35. The van der Waals surface area contributed by atoms with Gasteiger partial charge in [0.25, 0.3) is 0 Å². The van der Waals surface area contributed by atoms with Crippen LogP contribution < -0.4 is 15.4 Å². The highest BCUT2D eigenvalue weighted by Gasteiger charge is 2.11. The lowest BCUT2D eigenvalue weighted by atomic mass is 10.4. The second-order valence-corrected chi connectivity index (χ2v) is 6.17. The van der Waals surface area contributed by atoms with Gasteiger partial charge in [-0.3, -0.25) is 4.72 Å². The van der Waals surface area contributed by atoms with Gasteiger partial charge in [-0.25, -0.2) is 17.7 Å². The number of nitrogens with zero attached hydrogens (tertiary/aromatic N) is 2. The number of hydrogen-bond acceptors (Lipinski definition) is 4. The van der Waals surface area contributed by atoms with Crippen LogP contribution in [0.2, 0.25) is 0 Å². The Morgan fingerprint density at radius 1 is 1.33 bits per heavy atom. The third-order valence-electron chi connectivity index (χ3n) is 2.67. The fourth-order valence-electron chi connectivity index (χ4n) is 1.74. The molecule has 3 N–H and O–H groups in total. The Labute approximate surface area is 122 Å². The summed E-state index contributed by atoms with van der Waals surface area (Å²) in [6, 6.07) is 4.69. The topological polar surface area (TPSA) is 105 Å². The summed E-state index contributed by atoms with van der Waals surface area (Å²) >= 11 is 0. The van der Waals surface area contributed by atoms with Gasteiger partial charge >= 0.3 is 6.03 Å². The highest BCUT2D eigenvalue weighted by Crippen LogP contribution is 2.12. The molecular weight excluding hydrogens is 294 g/mol. The van der Waals surface area contributed by atoms with Gasteiger partial charge in [0.2, 0.25) is 10.0 Å². The number of pyridine rings is 1. The van der Waals surface area contributed by atoms with Crippen LogP contribution in [0.15, 0.2) is 30.6 Å². The highest BCUT2D eigenvalue weighted by atomic mass is 32.2. The van der Waals surface area contributed by atoms with Crippen molar-refractivity contribution < 1.29 is 13.2 Å². The molecule has 0 aliphatic carbocycles. The quantitative estimate of drug-likeness (QED) is 0.718. The van der Waals surface area contributed by atoms with E-state index in [1.807, 2.05) is 0 Å². The van der Waals surface area contributed by atoms with Gasteiger partial charge in [0.1, 0.15) is 0 Å². The molecule has 0 radical (unpaired) electrons. The summed E-state index contributed by atoms with van der Waals surface area (Å²) in [4.78, 5) is 11.2. The van der Waals surface area contributed by atoms with Crippen LogP contribution in [0.5, 0.6) is 0 Å². The molecule has 8 nitrogen and oxygen atoms in total. The van der Waals surface area contributed by atoms with Crippen molar-refractivity contribution in [2.45, 2.75) is 6.92 Å². The lowest BCUT2D eigenvalue weighted by molar-refractivity contribution is 0.242. The van der Waals surface area contributed by atoms with Crippen molar-refractivity contribution >= 4 is 27.3 Å². The van der Waals surface area contributed by atoms with Crippen molar-refractivity contribution in [2.24, 2.45) is 0 Å². The van der Waals surface area contributed by atoms with Gasteiger partial charge in [0.05, 0.1) is 17.0 Å². The minimum atomic E-state index is -3.52. The van der Waals surface area contributed by atoms with E-state index in [0.717, 1.165) is 5.52 Å². The second kappa shape index (κ2) is 6.44. The number of nitrogens with one attached hydrogen (secondary N) is 3. The van der Waals surface area contributed by atoms with Crippen LogP contribution in [-0.4, -0.2) is 42.9 Å². The van der Waals surface area contributed by atoms with E-state index in [1.165, 1.54) is 0 Å². The van der Waals surface area contributed by atoms with Crippen molar-refractivity contribution in [3.63, 3.8) is 0 Å². The molecule has 0 fully saturated rings. The van der Waals surface area contributed by atoms with E-state index in [2.05, 4.69) is 20.5 Å². The second-order valence-electron chi connectivity index (χ2n) is 4.32. The Morgan fingerprint density at radius 3 is 2.90 bits per heavy atom. The van der Waals surface area contributed by atoms with Crippen molar-refractivity contribution in [2.75, 3.05) is 23.6 Å². The molecule has 9 heteroatoms. The van der Waals surface area contributed by atoms with Crippen LogP contribution in [0.4, 0.5) is 10.5 Å². The largest absolute Gasteiger partial charge is 0.338 e. The SMILES string of the molecule is CCNC(=O)NCCS(=O)(=O)Nc1ccn2nccc2c1. The van der Waals surface area contributed by atoms with Crippen molar-refractivity contribution in [3.05, 3.63) is 30.6 Å². The summed E-state index contributed by atoms with van der Waals surface area (Å²) in [7, 11) is -3.52. The van der Waals surface area contributed by atoms with Gasteiger partial charge in [-0.15, -0.1) is 0 Å². The number of sulfonamides is 1. The van der Waals surface area contributed by atoms with Gasteiger partial charge in [-0.05, 0) is 25.1 Å². The van der Waals surface area contributed by atoms with Crippen LogP contribution in [0.3, 0.4) is 0 Å². The summed E-state index contributed by atoms with van der Waals surface area (Å²) in [6.45, 7) is 2.31. The average Bonchev–Trinajstić information content (AvgIpc) is 2.85. The van der Waals surface area contributed by atoms with Crippen molar-refractivity contribution in [1.82, 2.24) is 20.2 Å². The van der Waals surface area contributed by atoms with Crippen LogP contribution in [0.1, 0.15) is 6.92 Å².